The van der Waals surface area contributed by atoms with Crippen LogP contribution in [-0.2, 0) is 5.75 Å². The van der Waals surface area contributed by atoms with Crippen molar-refractivity contribution in [2.45, 2.75) is 5.75 Å². The molecule has 0 amide bonds. The minimum atomic E-state index is -0.208. The molecule has 0 aliphatic carbocycles. The van der Waals surface area contributed by atoms with E-state index in [4.69, 9.17) is 12.2 Å². The number of aromatic amines is 2. The van der Waals surface area contributed by atoms with E-state index in [1.807, 2.05) is 24.3 Å². The maximum Gasteiger partial charge on any atom is 0.257 e. The van der Waals surface area contributed by atoms with Gasteiger partial charge in [0.05, 0.1) is 17.5 Å². The first-order valence-corrected chi connectivity index (χ1v) is 7.16. The van der Waals surface area contributed by atoms with E-state index in [0.29, 0.717) is 21.9 Å². The summed E-state index contributed by atoms with van der Waals surface area (Å²) in [7, 11) is 0. The molecule has 0 bridgehead atoms. The van der Waals surface area contributed by atoms with E-state index in [1.165, 1.54) is 10.9 Å². The van der Waals surface area contributed by atoms with Crippen molar-refractivity contribution in [2.24, 2.45) is 5.10 Å². The summed E-state index contributed by atoms with van der Waals surface area (Å²) >= 11 is 9.23. The number of thiol groups is 1. The number of rotatable bonds is 3. The van der Waals surface area contributed by atoms with Crippen molar-refractivity contribution in [3.05, 3.63) is 56.8 Å². The van der Waals surface area contributed by atoms with Crippen LogP contribution in [0.1, 0.15) is 11.4 Å². The Morgan fingerprint density at radius 2 is 2.24 bits per heavy atom. The third kappa shape index (κ3) is 2.67. The lowest BCUT2D eigenvalue weighted by Crippen LogP contribution is -2.12. The van der Waals surface area contributed by atoms with Gasteiger partial charge in [0.15, 0.2) is 5.82 Å². The van der Waals surface area contributed by atoms with Gasteiger partial charge in [-0.3, -0.25) is 9.89 Å². The first-order chi connectivity index (χ1) is 10.2. The van der Waals surface area contributed by atoms with E-state index < -0.39 is 0 Å². The maximum atomic E-state index is 12.0. The predicted molar refractivity (Wildman–Crippen MR) is 87.7 cm³/mol. The molecule has 2 aromatic heterocycles. The molecule has 0 aliphatic rings. The fourth-order valence-electron chi connectivity index (χ4n) is 1.93. The second-order valence-electron chi connectivity index (χ2n) is 4.30. The van der Waals surface area contributed by atoms with E-state index in [0.717, 1.165) is 10.9 Å². The number of aromatic nitrogens is 4. The summed E-state index contributed by atoms with van der Waals surface area (Å²) in [5, 5.41) is 11.8. The highest BCUT2D eigenvalue weighted by atomic mass is 32.1. The number of para-hydroxylation sites is 1. The highest BCUT2D eigenvalue weighted by Gasteiger charge is 2.03. The van der Waals surface area contributed by atoms with E-state index in [1.54, 1.807) is 6.07 Å². The van der Waals surface area contributed by atoms with Crippen LogP contribution in [0.25, 0.3) is 10.9 Å². The Morgan fingerprint density at radius 3 is 3.05 bits per heavy atom. The molecule has 0 atom stereocenters. The second kappa shape index (κ2) is 5.66. The lowest BCUT2D eigenvalue weighted by Gasteiger charge is -1.99. The van der Waals surface area contributed by atoms with Crippen LogP contribution in [0.2, 0.25) is 0 Å². The summed E-state index contributed by atoms with van der Waals surface area (Å²) in [6.07, 6.45) is 1.46. The van der Waals surface area contributed by atoms with Crippen LogP contribution in [0.15, 0.2) is 40.2 Å². The van der Waals surface area contributed by atoms with Crippen LogP contribution < -0.4 is 5.56 Å². The minimum absolute atomic E-state index is 0.208. The Labute approximate surface area is 129 Å². The van der Waals surface area contributed by atoms with Crippen LogP contribution in [0.4, 0.5) is 0 Å². The Bertz CT molecular complexity index is 937. The number of benzene rings is 1. The average Bonchev–Trinajstić information content (AvgIpc) is 2.85. The predicted octanol–water partition coefficient (Wildman–Crippen LogP) is 2.09. The Balaban J connectivity index is 2.07. The molecule has 0 unspecified atom stereocenters. The normalized spacial score (nSPS) is 11.5. The van der Waals surface area contributed by atoms with Crippen molar-refractivity contribution in [3.8, 4) is 0 Å². The summed E-state index contributed by atoms with van der Waals surface area (Å²) in [4.78, 5) is 14.8. The number of nitrogens with zero attached hydrogens (tertiary/aromatic N) is 3. The molecular weight excluding hydrogens is 306 g/mol. The summed E-state index contributed by atoms with van der Waals surface area (Å²) in [5.41, 5.74) is 1.03. The molecule has 6 nitrogen and oxygen atoms in total. The van der Waals surface area contributed by atoms with Crippen LogP contribution in [0.3, 0.4) is 0 Å². The zero-order valence-electron chi connectivity index (χ0n) is 10.8. The number of fused-ring (bicyclic) bond motifs is 1. The summed E-state index contributed by atoms with van der Waals surface area (Å²) in [6.45, 7) is 0. The smallest absolute Gasteiger partial charge is 0.257 e. The van der Waals surface area contributed by atoms with E-state index in [2.05, 4.69) is 32.9 Å². The van der Waals surface area contributed by atoms with Gasteiger partial charge in [-0.1, -0.05) is 18.2 Å². The van der Waals surface area contributed by atoms with Crippen LogP contribution in [0.5, 0.6) is 0 Å². The third-order valence-corrected chi connectivity index (χ3v) is 3.50. The summed E-state index contributed by atoms with van der Waals surface area (Å²) in [5.74, 6) is 0.968. The fraction of sp³-hybridized carbons (Fsp3) is 0.0769. The van der Waals surface area contributed by atoms with Crippen molar-refractivity contribution >= 4 is 42.0 Å². The number of hydrogen-bond acceptors (Lipinski definition) is 5. The van der Waals surface area contributed by atoms with E-state index in [-0.39, 0.29) is 5.56 Å². The van der Waals surface area contributed by atoms with Crippen LogP contribution >= 0.6 is 24.8 Å². The quantitative estimate of drug-likeness (QED) is 0.393. The molecule has 0 saturated heterocycles. The molecule has 0 radical (unpaired) electrons. The number of hydrogen-bond donors (Lipinski definition) is 3. The fourth-order valence-corrected chi connectivity index (χ4v) is 2.33. The largest absolute Gasteiger partial charge is 0.321 e. The molecule has 2 heterocycles. The molecular formula is C13H11N5OS2. The van der Waals surface area contributed by atoms with Crippen molar-refractivity contribution in [2.75, 3.05) is 0 Å². The van der Waals surface area contributed by atoms with Gasteiger partial charge in [-0.2, -0.15) is 27.5 Å². The molecule has 2 N–H and O–H groups in total. The van der Waals surface area contributed by atoms with Crippen molar-refractivity contribution in [3.63, 3.8) is 0 Å². The van der Waals surface area contributed by atoms with Gasteiger partial charge < -0.3 is 4.98 Å². The van der Waals surface area contributed by atoms with Crippen LogP contribution in [-0.4, -0.2) is 26.1 Å². The van der Waals surface area contributed by atoms with Gasteiger partial charge >= 0.3 is 0 Å². The zero-order chi connectivity index (χ0) is 14.8. The van der Waals surface area contributed by atoms with Gasteiger partial charge in [0, 0.05) is 5.52 Å². The molecule has 8 heteroatoms. The standard InChI is InChI=1S/C13H11N5OS2/c19-12-9(5-8-3-1-2-4-10(8)15-12)6-14-18-11(7-20)16-17-13(18)21/h1-6,20H,7H2,(H,15,19)(H,17,21)/b14-6+. The van der Waals surface area contributed by atoms with Gasteiger partial charge in [0.25, 0.3) is 5.56 Å². The van der Waals surface area contributed by atoms with Gasteiger partial charge in [0.1, 0.15) is 0 Å². The molecule has 106 valence electrons. The Kier molecular flexibility index (Phi) is 3.72. The van der Waals surface area contributed by atoms with Gasteiger partial charge in [0.2, 0.25) is 4.77 Å². The average molecular weight is 317 g/mol. The molecule has 0 saturated carbocycles. The molecule has 1 aromatic carbocycles. The topological polar surface area (TPSA) is 78.8 Å². The Morgan fingerprint density at radius 1 is 1.43 bits per heavy atom. The maximum absolute atomic E-state index is 12.0. The third-order valence-electron chi connectivity index (χ3n) is 2.95. The Hall–Kier alpha value is -2.19. The minimum Gasteiger partial charge on any atom is -0.321 e. The van der Waals surface area contributed by atoms with E-state index >= 15 is 0 Å². The van der Waals surface area contributed by atoms with Gasteiger partial charge in [-0.05, 0) is 29.7 Å². The molecule has 0 spiro atoms. The molecule has 21 heavy (non-hydrogen) atoms. The van der Waals surface area contributed by atoms with E-state index in [9.17, 15) is 4.79 Å². The first-order valence-electron chi connectivity index (χ1n) is 6.12. The van der Waals surface area contributed by atoms with Crippen molar-refractivity contribution in [1.29, 1.82) is 0 Å². The number of nitrogens with one attached hydrogen (secondary N) is 2. The van der Waals surface area contributed by atoms with Gasteiger partial charge in [-0.15, -0.1) is 0 Å². The monoisotopic (exact) mass is 317 g/mol. The number of H-pyrrole nitrogens is 2. The highest BCUT2D eigenvalue weighted by molar-refractivity contribution is 7.79. The lowest BCUT2D eigenvalue weighted by atomic mass is 10.2. The molecule has 3 aromatic rings. The highest BCUT2D eigenvalue weighted by Crippen LogP contribution is 2.09. The van der Waals surface area contributed by atoms with Gasteiger partial charge in [-0.25, -0.2) is 0 Å². The second-order valence-corrected chi connectivity index (χ2v) is 5.00. The molecule has 0 aliphatic heterocycles. The summed E-state index contributed by atoms with van der Waals surface area (Å²) in [6, 6.07) is 9.33. The SMILES string of the molecule is O=c1[nH]c2ccccc2cc1/C=N/n1c(CS)n[nH]c1=S. The summed E-state index contributed by atoms with van der Waals surface area (Å²) < 4.78 is 1.80. The molecule has 0 fully saturated rings. The number of pyridine rings is 1. The zero-order valence-corrected chi connectivity index (χ0v) is 12.5. The lowest BCUT2D eigenvalue weighted by molar-refractivity contribution is 0.814. The van der Waals surface area contributed by atoms with Crippen molar-refractivity contribution in [1.82, 2.24) is 19.9 Å². The van der Waals surface area contributed by atoms with Crippen molar-refractivity contribution < 1.29 is 0 Å². The van der Waals surface area contributed by atoms with Crippen LogP contribution in [0, 0.1) is 4.77 Å². The molecule has 3 rings (SSSR count). The first kappa shape index (κ1) is 13.8.